The van der Waals surface area contributed by atoms with Gasteiger partial charge in [-0.25, -0.2) is 0 Å². The topological polar surface area (TPSA) is 32.9 Å². The van der Waals surface area contributed by atoms with E-state index in [0.717, 1.165) is 21.5 Å². The Labute approximate surface area is 108 Å². The first-order valence-corrected chi connectivity index (χ1v) is 6.34. The molecular formula is C14H20ClNO. The highest BCUT2D eigenvalue weighted by Gasteiger charge is 1.98. The second-order valence-electron chi connectivity index (χ2n) is 3.01. The molecule has 0 fully saturated rings. The lowest BCUT2D eigenvalue weighted by Gasteiger charge is -2.00. The lowest BCUT2D eigenvalue weighted by Crippen LogP contribution is -2.02. The molecule has 0 atom stereocenters. The fourth-order valence-corrected chi connectivity index (χ4v) is 1.46. The Bertz CT molecular complexity index is 517. The van der Waals surface area contributed by atoms with Crippen LogP contribution in [-0.4, -0.2) is 4.98 Å². The van der Waals surface area contributed by atoms with E-state index in [1.807, 2.05) is 46.8 Å². The van der Waals surface area contributed by atoms with Crippen molar-refractivity contribution in [2.24, 2.45) is 0 Å². The van der Waals surface area contributed by atoms with Gasteiger partial charge in [0.25, 0.3) is 0 Å². The van der Waals surface area contributed by atoms with Crippen LogP contribution < -0.4 is 5.56 Å². The predicted molar refractivity (Wildman–Crippen MR) is 77.0 cm³/mol. The van der Waals surface area contributed by atoms with Crippen LogP contribution in [0.1, 0.15) is 33.3 Å². The van der Waals surface area contributed by atoms with Crippen LogP contribution in [0.2, 0.25) is 5.02 Å². The molecule has 0 aliphatic rings. The van der Waals surface area contributed by atoms with Crippen LogP contribution in [0.15, 0.2) is 29.1 Å². The van der Waals surface area contributed by atoms with Crippen LogP contribution in [0, 0.1) is 6.92 Å². The molecule has 1 aromatic heterocycles. The van der Waals surface area contributed by atoms with Crippen LogP contribution >= 0.6 is 11.6 Å². The molecule has 2 rings (SSSR count). The third-order valence-corrected chi connectivity index (χ3v) is 2.41. The van der Waals surface area contributed by atoms with Gasteiger partial charge >= 0.3 is 0 Å². The van der Waals surface area contributed by atoms with Crippen LogP contribution in [0.4, 0.5) is 0 Å². The zero-order valence-corrected chi connectivity index (χ0v) is 11.9. The van der Waals surface area contributed by atoms with E-state index in [0.29, 0.717) is 0 Å². The minimum Gasteiger partial charge on any atom is -0.322 e. The maximum absolute atomic E-state index is 11.0. The summed E-state index contributed by atoms with van der Waals surface area (Å²) in [5.41, 5.74) is 1.71. The van der Waals surface area contributed by atoms with Gasteiger partial charge in [0.2, 0.25) is 5.56 Å². The van der Waals surface area contributed by atoms with Crippen molar-refractivity contribution in [2.75, 3.05) is 0 Å². The van der Waals surface area contributed by atoms with Crippen molar-refractivity contribution in [1.82, 2.24) is 4.98 Å². The third kappa shape index (κ3) is 4.23. The molecule has 1 aromatic carbocycles. The average Bonchev–Trinajstić information content (AvgIpc) is 2.36. The number of aromatic nitrogens is 1. The molecule has 2 aromatic rings. The van der Waals surface area contributed by atoms with Gasteiger partial charge in [-0.05, 0) is 36.1 Å². The maximum Gasteiger partial charge on any atom is 0.248 e. The first kappa shape index (κ1) is 15.7. The van der Waals surface area contributed by atoms with E-state index in [1.54, 1.807) is 6.07 Å². The van der Waals surface area contributed by atoms with Gasteiger partial charge in [-0.2, -0.15) is 0 Å². The molecule has 0 saturated heterocycles. The maximum atomic E-state index is 11.0. The molecule has 0 radical (unpaired) electrons. The van der Waals surface area contributed by atoms with Crippen LogP contribution in [0.3, 0.4) is 0 Å². The number of halogens is 1. The number of nitrogens with one attached hydrogen (secondary N) is 1. The van der Waals surface area contributed by atoms with Crippen molar-refractivity contribution in [3.8, 4) is 0 Å². The Morgan fingerprint density at radius 3 is 2.24 bits per heavy atom. The summed E-state index contributed by atoms with van der Waals surface area (Å²) in [5, 5.41) is 1.68. The van der Waals surface area contributed by atoms with Gasteiger partial charge in [0.05, 0.1) is 0 Å². The van der Waals surface area contributed by atoms with E-state index < -0.39 is 0 Å². The molecule has 0 amide bonds. The summed E-state index contributed by atoms with van der Waals surface area (Å²) >= 11 is 5.94. The minimum atomic E-state index is -0.0887. The molecule has 3 heteroatoms. The number of aryl methyl sites for hydroxylation is 1. The zero-order chi connectivity index (χ0) is 13.4. The van der Waals surface area contributed by atoms with Gasteiger partial charge in [-0.1, -0.05) is 39.3 Å². The standard InChI is InChI=1S/C10H8ClNO.2C2H6/c1-6-4-9-7(5-8(6)11)2-3-10(13)12-9;2*1-2/h2-5H,1H3,(H,12,13);2*1-2H3. The van der Waals surface area contributed by atoms with Gasteiger partial charge < -0.3 is 4.98 Å². The summed E-state index contributed by atoms with van der Waals surface area (Å²) in [4.78, 5) is 13.7. The lowest BCUT2D eigenvalue weighted by molar-refractivity contribution is 1.30. The second-order valence-corrected chi connectivity index (χ2v) is 3.42. The van der Waals surface area contributed by atoms with Gasteiger partial charge in [-0.15, -0.1) is 0 Å². The van der Waals surface area contributed by atoms with Gasteiger partial charge in [0, 0.05) is 16.6 Å². The average molecular weight is 254 g/mol. The Morgan fingerprint density at radius 2 is 1.65 bits per heavy atom. The van der Waals surface area contributed by atoms with E-state index in [9.17, 15) is 4.79 Å². The Balaban J connectivity index is 0.000000581. The molecule has 0 bridgehead atoms. The van der Waals surface area contributed by atoms with E-state index in [2.05, 4.69) is 4.98 Å². The number of hydrogen-bond acceptors (Lipinski definition) is 1. The van der Waals surface area contributed by atoms with E-state index in [4.69, 9.17) is 11.6 Å². The van der Waals surface area contributed by atoms with Crippen LogP contribution in [0.5, 0.6) is 0 Å². The van der Waals surface area contributed by atoms with E-state index in [-0.39, 0.29) is 5.56 Å². The quantitative estimate of drug-likeness (QED) is 0.735. The highest BCUT2D eigenvalue weighted by molar-refractivity contribution is 6.32. The molecule has 2 nitrogen and oxygen atoms in total. The molecule has 17 heavy (non-hydrogen) atoms. The highest BCUT2D eigenvalue weighted by Crippen LogP contribution is 2.20. The zero-order valence-electron chi connectivity index (χ0n) is 11.1. The fourth-order valence-electron chi connectivity index (χ4n) is 1.28. The molecule has 1 N–H and O–H groups in total. The monoisotopic (exact) mass is 253 g/mol. The summed E-state index contributed by atoms with van der Waals surface area (Å²) < 4.78 is 0. The third-order valence-electron chi connectivity index (χ3n) is 2.00. The number of benzene rings is 1. The van der Waals surface area contributed by atoms with Gasteiger partial charge in [-0.3, -0.25) is 4.79 Å². The minimum absolute atomic E-state index is 0.0887. The first-order valence-electron chi connectivity index (χ1n) is 5.96. The molecule has 0 spiro atoms. The van der Waals surface area contributed by atoms with Crippen molar-refractivity contribution in [2.45, 2.75) is 34.6 Å². The van der Waals surface area contributed by atoms with Crippen LogP contribution in [0.25, 0.3) is 10.9 Å². The number of fused-ring (bicyclic) bond motifs is 1. The van der Waals surface area contributed by atoms with E-state index >= 15 is 0 Å². The fraction of sp³-hybridized carbons (Fsp3) is 0.357. The number of H-pyrrole nitrogens is 1. The molecule has 0 aliphatic heterocycles. The molecule has 1 heterocycles. The Kier molecular flexibility index (Phi) is 7.31. The van der Waals surface area contributed by atoms with E-state index in [1.165, 1.54) is 6.07 Å². The van der Waals surface area contributed by atoms with Crippen molar-refractivity contribution < 1.29 is 0 Å². The summed E-state index contributed by atoms with van der Waals surface area (Å²) in [7, 11) is 0. The Hall–Kier alpha value is -1.28. The molecule has 94 valence electrons. The van der Waals surface area contributed by atoms with Crippen molar-refractivity contribution in [3.05, 3.63) is 45.2 Å². The van der Waals surface area contributed by atoms with Crippen molar-refractivity contribution >= 4 is 22.5 Å². The Morgan fingerprint density at radius 1 is 1.06 bits per heavy atom. The SMILES string of the molecule is CC.CC.Cc1cc2[nH]c(=O)ccc2cc1Cl. The van der Waals surface area contributed by atoms with Crippen molar-refractivity contribution in [3.63, 3.8) is 0 Å². The van der Waals surface area contributed by atoms with Crippen LogP contribution in [-0.2, 0) is 0 Å². The number of aromatic amines is 1. The smallest absolute Gasteiger partial charge is 0.248 e. The summed E-state index contributed by atoms with van der Waals surface area (Å²) in [5.74, 6) is 0. The molecular weight excluding hydrogens is 234 g/mol. The first-order chi connectivity index (χ1) is 8.16. The molecule has 0 unspecified atom stereocenters. The lowest BCUT2D eigenvalue weighted by atomic mass is 10.1. The molecule has 0 saturated carbocycles. The van der Waals surface area contributed by atoms with Gasteiger partial charge in [0.1, 0.15) is 0 Å². The normalized spacial score (nSPS) is 8.82. The molecule has 0 aliphatic carbocycles. The van der Waals surface area contributed by atoms with Gasteiger partial charge in [0.15, 0.2) is 0 Å². The summed E-state index contributed by atoms with van der Waals surface area (Å²) in [6.45, 7) is 9.91. The predicted octanol–water partition coefficient (Wildman–Crippen LogP) is 4.54. The summed E-state index contributed by atoms with van der Waals surface area (Å²) in [6, 6.07) is 6.98. The second kappa shape index (κ2) is 7.91. The highest BCUT2D eigenvalue weighted by atomic mass is 35.5. The number of rotatable bonds is 0. The van der Waals surface area contributed by atoms with Crippen molar-refractivity contribution in [1.29, 1.82) is 0 Å². The number of hydrogen-bond donors (Lipinski definition) is 1. The number of pyridine rings is 1. The largest absolute Gasteiger partial charge is 0.322 e. The summed E-state index contributed by atoms with van der Waals surface area (Å²) in [6.07, 6.45) is 0.